The summed E-state index contributed by atoms with van der Waals surface area (Å²) in [4.78, 5) is 8.56. The summed E-state index contributed by atoms with van der Waals surface area (Å²) in [5, 5.41) is 0. The molecule has 5 nitrogen and oxygen atoms in total. The van der Waals surface area contributed by atoms with E-state index in [9.17, 15) is 8.78 Å². The van der Waals surface area contributed by atoms with Crippen molar-refractivity contribution in [2.75, 3.05) is 31.9 Å². The number of rotatable bonds is 5. The summed E-state index contributed by atoms with van der Waals surface area (Å²) in [6.07, 6.45) is 2.76. The van der Waals surface area contributed by atoms with Crippen LogP contribution in [0.25, 0.3) is 0 Å². The second-order valence-electron chi connectivity index (χ2n) is 5.83. The second-order valence-corrected chi connectivity index (χ2v) is 5.83. The zero-order valence-electron chi connectivity index (χ0n) is 12.9. The quantitative estimate of drug-likeness (QED) is 0.858. The van der Waals surface area contributed by atoms with Crippen molar-refractivity contribution in [3.63, 3.8) is 0 Å². The number of imidazole rings is 1. The van der Waals surface area contributed by atoms with Crippen molar-refractivity contribution in [1.29, 1.82) is 0 Å². The van der Waals surface area contributed by atoms with Crippen molar-refractivity contribution in [2.45, 2.75) is 19.6 Å². The number of hydrogen-bond acceptors (Lipinski definition) is 4. The van der Waals surface area contributed by atoms with Crippen LogP contribution in [-0.2, 0) is 13.1 Å². The molecule has 1 aliphatic heterocycles. The van der Waals surface area contributed by atoms with Gasteiger partial charge in [-0.15, -0.1) is 0 Å². The van der Waals surface area contributed by atoms with Gasteiger partial charge < -0.3 is 5.73 Å². The maximum absolute atomic E-state index is 12.8. The van der Waals surface area contributed by atoms with Crippen LogP contribution in [0, 0.1) is 0 Å². The molecular weight excluding hydrogens is 300 g/mol. The minimum atomic E-state index is -2.53. The van der Waals surface area contributed by atoms with Crippen LogP contribution in [0.15, 0.2) is 36.7 Å². The van der Waals surface area contributed by atoms with E-state index < -0.39 is 6.55 Å². The third-order valence-electron chi connectivity index (χ3n) is 4.15. The van der Waals surface area contributed by atoms with E-state index in [2.05, 4.69) is 20.9 Å². The Morgan fingerprint density at radius 1 is 1.09 bits per heavy atom. The number of alkyl halides is 2. The Hall–Kier alpha value is -1.99. The Morgan fingerprint density at radius 3 is 2.43 bits per heavy atom. The molecule has 0 amide bonds. The van der Waals surface area contributed by atoms with Crippen LogP contribution < -0.4 is 5.73 Å². The first-order valence-electron chi connectivity index (χ1n) is 7.71. The molecule has 1 aliphatic rings. The summed E-state index contributed by atoms with van der Waals surface area (Å²) in [6, 6.07) is 7.91. The maximum Gasteiger partial charge on any atom is 0.319 e. The predicted octanol–water partition coefficient (Wildman–Crippen LogP) is 2.18. The van der Waals surface area contributed by atoms with Gasteiger partial charge in [-0.05, 0) is 17.7 Å². The van der Waals surface area contributed by atoms with E-state index in [0.29, 0.717) is 12.4 Å². The molecule has 0 bridgehead atoms. The van der Waals surface area contributed by atoms with Gasteiger partial charge in [0.05, 0.1) is 6.54 Å². The van der Waals surface area contributed by atoms with Crippen LogP contribution in [0.4, 0.5) is 14.5 Å². The smallest absolute Gasteiger partial charge is 0.319 e. The summed E-state index contributed by atoms with van der Waals surface area (Å²) in [6.45, 7) is 2.30. The van der Waals surface area contributed by atoms with Crippen molar-refractivity contribution < 1.29 is 8.78 Å². The molecule has 124 valence electrons. The highest BCUT2D eigenvalue weighted by atomic mass is 19.3. The number of anilines is 1. The highest BCUT2D eigenvalue weighted by Crippen LogP contribution is 2.16. The molecule has 7 heteroatoms. The summed E-state index contributed by atoms with van der Waals surface area (Å²) >= 11 is 0. The lowest BCUT2D eigenvalue weighted by Gasteiger charge is -2.34. The molecule has 3 rings (SSSR count). The van der Waals surface area contributed by atoms with Gasteiger partial charge in [0.1, 0.15) is 5.82 Å². The van der Waals surface area contributed by atoms with Crippen LogP contribution in [-0.4, -0.2) is 45.5 Å². The van der Waals surface area contributed by atoms with Gasteiger partial charge >= 0.3 is 6.55 Å². The fraction of sp³-hybridized carbons (Fsp3) is 0.438. The molecule has 0 spiro atoms. The third kappa shape index (κ3) is 4.05. The molecule has 0 unspecified atom stereocenters. The molecular formula is C16H21F2N5. The number of benzene rings is 1. The largest absolute Gasteiger partial charge is 0.399 e. The first-order valence-corrected chi connectivity index (χ1v) is 7.71. The fourth-order valence-electron chi connectivity index (χ4n) is 2.90. The number of nitrogens with two attached hydrogens (primary N) is 1. The zero-order valence-corrected chi connectivity index (χ0v) is 12.9. The van der Waals surface area contributed by atoms with Crippen LogP contribution in [0.3, 0.4) is 0 Å². The molecule has 0 atom stereocenters. The van der Waals surface area contributed by atoms with Crippen molar-refractivity contribution in [1.82, 2.24) is 19.4 Å². The number of hydrogen-bond donors (Lipinski definition) is 1. The average molecular weight is 321 g/mol. The topological polar surface area (TPSA) is 50.3 Å². The average Bonchev–Trinajstić information content (AvgIpc) is 2.98. The highest BCUT2D eigenvalue weighted by Gasteiger charge is 2.20. The number of aromatic nitrogens is 2. The lowest BCUT2D eigenvalue weighted by atomic mass is 10.2. The molecule has 2 aromatic rings. The summed E-state index contributed by atoms with van der Waals surface area (Å²) in [5.41, 5.74) is 7.78. The van der Waals surface area contributed by atoms with Crippen molar-refractivity contribution in [3.05, 3.63) is 48.0 Å². The Labute approximate surface area is 134 Å². The van der Waals surface area contributed by atoms with Gasteiger partial charge in [-0.1, -0.05) is 12.1 Å². The number of piperazine rings is 1. The Morgan fingerprint density at radius 2 is 1.78 bits per heavy atom. The lowest BCUT2D eigenvalue weighted by molar-refractivity contribution is 0.0603. The SMILES string of the molecule is Nc1cccc(CN2CCN(Cc3nccn3C(F)F)CC2)c1. The molecule has 0 saturated carbocycles. The third-order valence-corrected chi connectivity index (χ3v) is 4.15. The number of nitrogens with zero attached hydrogens (tertiary/aromatic N) is 4. The molecule has 2 N–H and O–H groups in total. The lowest BCUT2D eigenvalue weighted by Crippen LogP contribution is -2.45. The molecule has 1 fully saturated rings. The van der Waals surface area contributed by atoms with Gasteiger partial charge in [-0.3, -0.25) is 14.4 Å². The summed E-state index contributed by atoms with van der Waals surface area (Å²) in [7, 11) is 0. The number of nitrogen functional groups attached to an aromatic ring is 1. The Balaban J connectivity index is 1.51. The van der Waals surface area contributed by atoms with E-state index >= 15 is 0 Å². The molecule has 0 radical (unpaired) electrons. The van der Waals surface area contributed by atoms with Crippen molar-refractivity contribution in [2.24, 2.45) is 0 Å². The summed E-state index contributed by atoms with van der Waals surface area (Å²) < 4.78 is 26.6. The van der Waals surface area contributed by atoms with Gasteiger partial charge in [-0.2, -0.15) is 8.78 Å². The van der Waals surface area contributed by atoms with Crippen molar-refractivity contribution in [3.8, 4) is 0 Å². The normalized spacial score (nSPS) is 17.0. The second kappa shape index (κ2) is 7.06. The van der Waals surface area contributed by atoms with E-state index in [1.807, 2.05) is 18.2 Å². The van der Waals surface area contributed by atoms with Gasteiger partial charge in [0.15, 0.2) is 0 Å². The van der Waals surface area contributed by atoms with E-state index in [-0.39, 0.29) is 0 Å². The predicted molar refractivity (Wildman–Crippen MR) is 84.9 cm³/mol. The number of halogens is 2. The highest BCUT2D eigenvalue weighted by molar-refractivity contribution is 5.40. The minimum Gasteiger partial charge on any atom is -0.399 e. The minimum absolute atomic E-state index is 0.421. The van der Waals surface area contributed by atoms with Crippen LogP contribution in [0.1, 0.15) is 17.9 Å². The molecule has 0 aliphatic carbocycles. The molecule has 1 aromatic heterocycles. The zero-order chi connectivity index (χ0) is 16.2. The Kier molecular flexibility index (Phi) is 4.88. The fourth-order valence-corrected chi connectivity index (χ4v) is 2.90. The van der Waals surface area contributed by atoms with Gasteiger partial charge in [-0.25, -0.2) is 4.98 Å². The van der Waals surface area contributed by atoms with Gasteiger partial charge in [0, 0.05) is 50.8 Å². The molecule has 1 aromatic carbocycles. The van der Waals surface area contributed by atoms with E-state index in [1.54, 1.807) is 0 Å². The first kappa shape index (κ1) is 15.9. The summed E-state index contributed by atoms with van der Waals surface area (Å²) in [5.74, 6) is 0.421. The first-order chi connectivity index (χ1) is 11.1. The van der Waals surface area contributed by atoms with Crippen LogP contribution >= 0.6 is 0 Å². The van der Waals surface area contributed by atoms with Gasteiger partial charge in [0.2, 0.25) is 0 Å². The van der Waals surface area contributed by atoms with E-state index in [1.165, 1.54) is 18.0 Å². The monoisotopic (exact) mass is 321 g/mol. The van der Waals surface area contributed by atoms with Crippen molar-refractivity contribution >= 4 is 5.69 Å². The molecule has 1 saturated heterocycles. The van der Waals surface area contributed by atoms with Crippen LogP contribution in [0.2, 0.25) is 0 Å². The van der Waals surface area contributed by atoms with Gasteiger partial charge in [0.25, 0.3) is 0 Å². The molecule has 2 heterocycles. The van der Waals surface area contributed by atoms with E-state index in [0.717, 1.165) is 43.0 Å². The molecule has 23 heavy (non-hydrogen) atoms. The van der Waals surface area contributed by atoms with Crippen LogP contribution in [0.5, 0.6) is 0 Å². The Bertz CT molecular complexity index is 635. The maximum atomic E-state index is 12.8. The van der Waals surface area contributed by atoms with E-state index in [4.69, 9.17) is 5.73 Å². The standard InChI is InChI=1S/C16H21F2N5/c17-16(18)23-5-4-20-15(23)12-22-8-6-21(7-9-22)11-13-2-1-3-14(19)10-13/h1-5,10,16H,6-9,11-12,19H2.